The normalized spacial score (nSPS) is 20.5. The first kappa shape index (κ1) is 24.9. The zero-order valence-electron chi connectivity index (χ0n) is 25.2. The zero-order chi connectivity index (χ0) is 29.1. The lowest BCUT2D eigenvalue weighted by Crippen LogP contribution is -2.48. The van der Waals surface area contributed by atoms with Gasteiger partial charge in [-0.25, -0.2) is 0 Å². The van der Waals surface area contributed by atoms with Crippen LogP contribution in [0.1, 0.15) is 38.8 Å². The molecule has 0 saturated heterocycles. The van der Waals surface area contributed by atoms with Crippen LogP contribution >= 0.6 is 0 Å². The van der Waals surface area contributed by atoms with Crippen LogP contribution in [0.2, 0.25) is 0 Å². The summed E-state index contributed by atoms with van der Waals surface area (Å²) in [6.45, 7) is 9.90. The second-order valence-corrected chi connectivity index (χ2v) is 13.8. The molecule has 0 saturated carbocycles. The molecule has 1 nitrogen and oxygen atoms in total. The molecule has 1 aromatic heterocycles. The minimum atomic E-state index is -0.0504. The summed E-state index contributed by atoms with van der Waals surface area (Å²) in [6.07, 6.45) is 7.51. The van der Waals surface area contributed by atoms with Crippen molar-refractivity contribution in [1.29, 1.82) is 0 Å². The average molecular weight is 554 g/mol. The van der Waals surface area contributed by atoms with Crippen molar-refractivity contribution in [3.8, 4) is 0 Å². The minimum absolute atomic E-state index is 0.0180. The van der Waals surface area contributed by atoms with E-state index in [1.807, 2.05) is 0 Å². The van der Waals surface area contributed by atoms with Gasteiger partial charge in [0, 0.05) is 16.5 Å². The predicted molar refractivity (Wildman–Crippen MR) is 185 cm³/mol. The summed E-state index contributed by atoms with van der Waals surface area (Å²) in [4.78, 5) is 0. The van der Waals surface area contributed by atoms with E-state index in [9.17, 15) is 0 Å². The van der Waals surface area contributed by atoms with Gasteiger partial charge in [0.15, 0.2) is 0 Å². The molecule has 1 heteroatoms. The van der Waals surface area contributed by atoms with Crippen LogP contribution in [0.4, 0.5) is 0 Å². The first-order valence-corrected chi connectivity index (χ1v) is 15.6. The monoisotopic (exact) mass is 553 g/mol. The highest BCUT2D eigenvalue weighted by molar-refractivity contribution is 6.25. The number of para-hydroxylation sites is 2. The van der Waals surface area contributed by atoms with Crippen molar-refractivity contribution in [2.45, 2.75) is 38.5 Å². The number of fused-ring (bicyclic) bond motifs is 11. The minimum Gasteiger partial charge on any atom is -0.310 e. The van der Waals surface area contributed by atoms with E-state index in [1.165, 1.54) is 70.9 Å². The van der Waals surface area contributed by atoms with Gasteiger partial charge in [0.25, 0.3) is 0 Å². The molecule has 6 aromatic carbocycles. The smallest absolute Gasteiger partial charge is 0.0540 e. The summed E-state index contributed by atoms with van der Waals surface area (Å²) in [5, 5.41) is 10.7. The second-order valence-electron chi connectivity index (χ2n) is 13.8. The highest BCUT2D eigenvalue weighted by atomic mass is 15.0. The largest absolute Gasteiger partial charge is 0.310 e. The Balaban J connectivity index is 1.31. The molecule has 0 amide bonds. The standard InChI is InChI=1S/C42H35N/c1-41(2)35-22-21-26(43-39-19-11-9-17-31(39)32-18-10-12-20-40(32)43)23-36(35)42(3,4)38-25-34-30-16-8-6-14-28(30)27-13-5-7-15-29(27)33(34)24-37(38)41/h5-25,35-36H,1-4H3. The van der Waals surface area contributed by atoms with Gasteiger partial charge >= 0.3 is 0 Å². The van der Waals surface area contributed by atoms with Crippen LogP contribution < -0.4 is 0 Å². The summed E-state index contributed by atoms with van der Waals surface area (Å²) >= 11 is 0. The molecule has 43 heavy (non-hydrogen) atoms. The van der Waals surface area contributed by atoms with Gasteiger partial charge in [0.05, 0.1) is 11.0 Å². The molecule has 2 unspecified atom stereocenters. The van der Waals surface area contributed by atoms with E-state index in [-0.39, 0.29) is 10.8 Å². The average Bonchev–Trinajstić information content (AvgIpc) is 3.38. The zero-order valence-corrected chi connectivity index (χ0v) is 25.2. The maximum atomic E-state index is 2.59. The van der Waals surface area contributed by atoms with Gasteiger partial charge in [-0.1, -0.05) is 125 Å². The number of hydrogen-bond donors (Lipinski definition) is 0. The van der Waals surface area contributed by atoms with Crippen LogP contribution in [0.3, 0.4) is 0 Å². The molecule has 208 valence electrons. The van der Waals surface area contributed by atoms with Crippen molar-refractivity contribution in [3.63, 3.8) is 0 Å². The number of hydrogen-bond acceptors (Lipinski definition) is 0. The molecule has 2 aliphatic rings. The number of aromatic nitrogens is 1. The molecule has 0 spiro atoms. The van der Waals surface area contributed by atoms with Crippen molar-refractivity contribution in [1.82, 2.24) is 4.57 Å². The number of allylic oxidation sites excluding steroid dienone is 4. The molecular formula is C42H35N. The Bertz CT molecular complexity index is 2300. The van der Waals surface area contributed by atoms with Gasteiger partial charge in [-0.3, -0.25) is 0 Å². The van der Waals surface area contributed by atoms with Crippen molar-refractivity contribution >= 4 is 59.8 Å². The molecule has 7 aromatic rings. The third-order valence-corrected chi connectivity index (χ3v) is 11.0. The van der Waals surface area contributed by atoms with Crippen LogP contribution in [-0.4, -0.2) is 4.57 Å². The fraction of sp³-hybridized carbons (Fsp3) is 0.190. The lowest BCUT2D eigenvalue weighted by atomic mass is 9.51. The molecular weight excluding hydrogens is 518 g/mol. The van der Waals surface area contributed by atoms with E-state index in [0.717, 1.165) is 0 Å². The molecule has 0 fully saturated rings. The number of nitrogens with zero attached hydrogens (tertiary/aromatic N) is 1. The van der Waals surface area contributed by atoms with Crippen molar-refractivity contribution in [2.75, 3.05) is 0 Å². The third kappa shape index (κ3) is 3.23. The van der Waals surface area contributed by atoms with E-state index < -0.39 is 0 Å². The molecule has 0 radical (unpaired) electrons. The van der Waals surface area contributed by atoms with E-state index in [0.29, 0.717) is 11.8 Å². The van der Waals surface area contributed by atoms with Gasteiger partial charge in [-0.05, 0) is 96.5 Å². The Kier molecular flexibility index (Phi) is 4.92. The second kappa shape index (κ2) is 8.48. The summed E-state index contributed by atoms with van der Waals surface area (Å²) in [5.74, 6) is 0.759. The quantitative estimate of drug-likeness (QED) is 0.178. The fourth-order valence-corrected chi connectivity index (χ4v) is 8.74. The van der Waals surface area contributed by atoms with Crippen LogP contribution in [0.5, 0.6) is 0 Å². The van der Waals surface area contributed by atoms with E-state index in [2.05, 4.69) is 160 Å². The van der Waals surface area contributed by atoms with Crippen LogP contribution in [0, 0.1) is 11.8 Å². The maximum Gasteiger partial charge on any atom is 0.0540 e. The molecule has 9 rings (SSSR count). The Labute approximate surface area is 252 Å². The molecule has 2 atom stereocenters. The summed E-state index contributed by atoms with van der Waals surface area (Å²) in [7, 11) is 0. The summed E-state index contributed by atoms with van der Waals surface area (Å²) < 4.78 is 2.48. The van der Waals surface area contributed by atoms with Crippen LogP contribution in [-0.2, 0) is 10.8 Å². The Morgan fingerprint density at radius 3 is 1.35 bits per heavy atom. The lowest BCUT2D eigenvalue weighted by molar-refractivity contribution is 0.191. The molecule has 0 N–H and O–H groups in total. The molecule has 2 aliphatic carbocycles. The van der Waals surface area contributed by atoms with Gasteiger partial charge in [0.1, 0.15) is 0 Å². The number of benzene rings is 6. The fourth-order valence-electron chi connectivity index (χ4n) is 8.74. The Morgan fingerprint density at radius 1 is 0.465 bits per heavy atom. The Hall–Kier alpha value is -4.62. The van der Waals surface area contributed by atoms with Gasteiger partial charge < -0.3 is 4.57 Å². The highest BCUT2D eigenvalue weighted by Crippen LogP contribution is 2.57. The highest BCUT2D eigenvalue weighted by Gasteiger charge is 2.50. The molecule has 1 heterocycles. The lowest BCUT2D eigenvalue weighted by Gasteiger charge is -2.53. The van der Waals surface area contributed by atoms with Crippen molar-refractivity contribution in [2.24, 2.45) is 11.8 Å². The van der Waals surface area contributed by atoms with E-state index in [1.54, 1.807) is 0 Å². The molecule has 0 aliphatic heterocycles. The van der Waals surface area contributed by atoms with Gasteiger partial charge in [0.2, 0.25) is 0 Å². The third-order valence-electron chi connectivity index (χ3n) is 11.0. The van der Waals surface area contributed by atoms with Crippen molar-refractivity contribution in [3.05, 3.63) is 139 Å². The topological polar surface area (TPSA) is 4.93 Å². The van der Waals surface area contributed by atoms with Crippen LogP contribution in [0.25, 0.3) is 59.8 Å². The van der Waals surface area contributed by atoms with E-state index in [4.69, 9.17) is 0 Å². The van der Waals surface area contributed by atoms with Gasteiger partial charge in [-0.15, -0.1) is 0 Å². The predicted octanol–water partition coefficient (Wildman–Crippen LogP) is 11.2. The van der Waals surface area contributed by atoms with Crippen LogP contribution in [0.15, 0.2) is 127 Å². The summed E-state index contributed by atoms with van der Waals surface area (Å²) in [5.41, 5.74) is 6.74. The Morgan fingerprint density at radius 2 is 0.860 bits per heavy atom. The van der Waals surface area contributed by atoms with Crippen molar-refractivity contribution < 1.29 is 0 Å². The number of rotatable bonds is 1. The first-order chi connectivity index (χ1) is 20.9. The summed E-state index contributed by atoms with van der Waals surface area (Å²) in [6, 6.07) is 40.7. The van der Waals surface area contributed by atoms with E-state index >= 15 is 0 Å². The SMILES string of the molecule is CC1(C)c2cc3c4ccccc4c4ccccc4c3cc2C(C)(C)C2C=C(n3c4ccccc4c4ccccc43)C=CC21. The van der Waals surface area contributed by atoms with Gasteiger partial charge in [-0.2, -0.15) is 0 Å². The first-order valence-electron chi connectivity index (χ1n) is 15.6. The molecule has 0 bridgehead atoms. The maximum absolute atomic E-state index is 2.59.